The Morgan fingerprint density at radius 2 is 1.57 bits per heavy atom. The van der Waals surface area contributed by atoms with E-state index in [9.17, 15) is 5.11 Å². The van der Waals surface area contributed by atoms with Crippen LogP contribution in [0.25, 0.3) is 6.08 Å². The Balaban J connectivity index is 1.70. The molecular weight excluding hydrogens is 260 g/mol. The van der Waals surface area contributed by atoms with Crippen LogP contribution in [0, 0.1) is 0 Å². The molecule has 1 N–H and O–H groups in total. The minimum atomic E-state index is -0.311. The largest absolute Gasteiger partial charge is 0.393 e. The Hall–Kier alpha value is -1.90. The minimum Gasteiger partial charge on any atom is -0.393 e. The van der Waals surface area contributed by atoms with E-state index in [0.717, 1.165) is 11.1 Å². The number of ether oxygens (including phenoxy) is 1. The van der Waals surface area contributed by atoms with Gasteiger partial charge in [-0.3, -0.25) is 0 Å². The van der Waals surface area contributed by atoms with Gasteiger partial charge < -0.3 is 9.84 Å². The number of aliphatic hydroxyl groups excluding tert-OH is 1. The molecule has 1 aliphatic rings. The van der Waals surface area contributed by atoms with Gasteiger partial charge in [-0.2, -0.15) is 0 Å². The van der Waals surface area contributed by atoms with E-state index >= 15 is 0 Å². The van der Waals surface area contributed by atoms with Gasteiger partial charge in [0.2, 0.25) is 0 Å². The van der Waals surface area contributed by atoms with Gasteiger partial charge >= 0.3 is 0 Å². The van der Waals surface area contributed by atoms with Gasteiger partial charge in [-0.25, -0.2) is 0 Å². The molecule has 2 aromatic carbocycles. The fraction of sp³-hybridized carbons (Fsp3) is 0.263. The quantitative estimate of drug-likeness (QED) is 0.921. The summed E-state index contributed by atoms with van der Waals surface area (Å²) in [6.07, 6.45) is 5.05. The zero-order valence-electron chi connectivity index (χ0n) is 11.9. The maximum atomic E-state index is 10.1. The molecule has 0 unspecified atom stereocenters. The van der Waals surface area contributed by atoms with Crippen molar-refractivity contribution in [3.63, 3.8) is 0 Å². The van der Waals surface area contributed by atoms with Gasteiger partial charge in [0.1, 0.15) is 0 Å². The molecule has 0 aromatic heterocycles. The van der Waals surface area contributed by atoms with E-state index in [2.05, 4.69) is 30.3 Å². The number of aliphatic hydroxyl groups is 1. The Kier molecular flexibility index (Phi) is 4.49. The second-order valence-electron chi connectivity index (χ2n) is 5.47. The molecule has 21 heavy (non-hydrogen) atoms. The van der Waals surface area contributed by atoms with Crippen molar-refractivity contribution in [2.45, 2.75) is 31.2 Å². The van der Waals surface area contributed by atoms with Gasteiger partial charge in [-0.1, -0.05) is 72.8 Å². The summed E-state index contributed by atoms with van der Waals surface area (Å²) >= 11 is 0. The van der Waals surface area contributed by atoms with Crippen LogP contribution < -0.4 is 0 Å². The molecule has 0 aliphatic carbocycles. The van der Waals surface area contributed by atoms with Gasteiger partial charge in [-0.15, -0.1) is 0 Å². The fourth-order valence-electron chi connectivity index (χ4n) is 2.72. The lowest BCUT2D eigenvalue weighted by Gasteiger charge is -2.32. The zero-order valence-corrected chi connectivity index (χ0v) is 11.9. The third kappa shape index (κ3) is 3.81. The highest BCUT2D eigenvalue weighted by Crippen LogP contribution is 2.32. The van der Waals surface area contributed by atoms with Crippen LogP contribution in [-0.2, 0) is 4.74 Å². The van der Waals surface area contributed by atoms with Crippen LogP contribution in [0.2, 0.25) is 0 Å². The van der Waals surface area contributed by atoms with Crippen molar-refractivity contribution in [2.75, 3.05) is 0 Å². The molecule has 0 spiro atoms. The maximum Gasteiger partial charge on any atom is 0.0857 e. The first-order valence-corrected chi connectivity index (χ1v) is 7.43. The topological polar surface area (TPSA) is 29.5 Å². The van der Waals surface area contributed by atoms with Crippen LogP contribution in [-0.4, -0.2) is 17.3 Å². The van der Waals surface area contributed by atoms with Crippen LogP contribution in [0.5, 0.6) is 0 Å². The average Bonchev–Trinajstić information content (AvgIpc) is 2.54. The molecule has 1 heterocycles. The maximum absolute atomic E-state index is 10.1. The van der Waals surface area contributed by atoms with Gasteiger partial charge in [0, 0.05) is 12.8 Å². The van der Waals surface area contributed by atoms with E-state index in [1.165, 1.54) is 0 Å². The van der Waals surface area contributed by atoms with Crippen molar-refractivity contribution in [3.05, 3.63) is 77.9 Å². The fourth-order valence-corrected chi connectivity index (χ4v) is 2.72. The lowest BCUT2D eigenvalue weighted by molar-refractivity contribution is -0.0774. The van der Waals surface area contributed by atoms with E-state index in [1.54, 1.807) is 0 Å². The van der Waals surface area contributed by atoms with E-state index in [1.807, 2.05) is 42.5 Å². The summed E-state index contributed by atoms with van der Waals surface area (Å²) in [5.74, 6) is 0. The summed E-state index contributed by atoms with van der Waals surface area (Å²) < 4.78 is 6.12. The molecule has 1 fully saturated rings. The molecule has 0 bridgehead atoms. The number of rotatable bonds is 3. The Labute approximate surface area is 125 Å². The Morgan fingerprint density at radius 3 is 2.29 bits per heavy atom. The molecule has 2 aromatic rings. The summed E-state index contributed by atoms with van der Waals surface area (Å²) in [6, 6.07) is 20.3. The summed E-state index contributed by atoms with van der Waals surface area (Å²) in [6.45, 7) is 0. The summed E-state index contributed by atoms with van der Waals surface area (Å²) in [5.41, 5.74) is 2.28. The van der Waals surface area contributed by atoms with Gasteiger partial charge in [0.05, 0.1) is 18.3 Å². The third-order valence-electron chi connectivity index (χ3n) is 3.80. The number of benzene rings is 2. The van der Waals surface area contributed by atoms with Crippen LogP contribution in [0.15, 0.2) is 66.7 Å². The van der Waals surface area contributed by atoms with E-state index < -0.39 is 0 Å². The Bertz CT molecular complexity index is 577. The van der Waals surface area contributed by atoms with Crippen LogP contribution in [0.3, 0.4) is 0 Å². The highest BCUT2D eigenvalue weighted by atomic mass is 16.5. The molecule has 108 valence electrons. The highest BCUT2D eigenvalue weighted by molar-refractivity contribution is 5.49. The van der Waals surface area contributed by atoms with E-state index in [4.69, 9.17) is 4.74 Å². The molecule has 1 aliphatic heterocycles. The van der Waals surface area contributed by atoms with Crippen molar-refractivity contribution < 1.29 is 9.84 Å². The molecule has 0 saturated carbocycles. The molecule has 2 nitrogen and oxygen atoms in total. The minimum absolute atomic E-state index is 0.0274. The molecule has 3 atom stereocenters. The lowest BCUT2D eigenvalue weighted by atomic mass is 9.95. The second kappa shape index (κ2) is 6.70. The zero-order chi connectivity index (χ0) is 14.5. The lowest BCUT2D eigenvalue weighted by Crippen LogP contribution is -2.30. The second-order valence-corrected chi connectivity index (χ2v) is 5.47. The van der Waals surface area contributed by atoms with Gasteiger partial charge in [0.15, 0.2) is 0 Å². The smallest absolute Gasteiger partial charge is 0.0857 e. The van der Waals surface area contributed by atoms with Crippen molar-refractivity contribution in [1.29, 1.82) is 0 Å². The number of hydrogen-bond acceptors (Lipinski definition) is 2. The predicted octanol–water partition coefficient (Wildman–Crippen LogP) is 3.98. The van der Waals surface area contributed by atoms with E-state index in [-0.39, 0.29) is 18.3 Å². The first kappa shape index (κ1) is 14.1. The third-order valence-corrected chi connectivity index (χ3v) is 3.80. The predicted molar refractivity (Wildman–Crippen MR) is 84.8 cm³/mol. The Morgan fingerprint density at radius 1 is 0.905 bits per heavy atom. The number of hydrogen-bond donors (Lipinski definition) is 1. The van der Waals surface area contributed by atoms with Crippen molar-refractivity contribution in [1.82, 2.24) is 0 Å². The molecule has 0 amide bonds. The summed E-state index contributed by atoms with van der Waals surface area (Å²) in [5, 5.41) is 10.1. The van der Waals surface area contributed by atoms with Crippen molar-refractivity contribution >= 4 is 6.08 Å². The SMILES string of the molecule is O[C@@H]1C[C@@H](/C=C/c2ccccc2)O[C@@H](c2ccccc2)C1. The normalized spacial score (nSPS) is 26.0. The molecular formula is C19H20O2. The van der Waals surface area contributed by atoms with Crippen molar-refractivity contribution in [3.8, 4) is 0 Å². The summed E-state index contributed by atoms with van der Waals surface area (Å²) in [4.78, 5) is 0. The van der Waals surface area contributed by atoms with Gasteiger partial charge in [0.25, 0.3) is 0 Å². The average molecular weight is 280 g/mol. The highest BCUT2D eigenvalue weighted by Gasteiger charge is 2.27. The van der Waals surface area contributed by atoms with Gasteiger partial charge in [-0.05, 0) is 11.1 Å². The molecule has 3 rings (SSSR count). The van der Waals surface area contributed by atoms with Crippen molar-refractivity contribution in [2.24, 2.45) is 0 Å². The molecule has 1 saturated heterocycles. The van der Waals surface area contributed by atoms with Crippen LogP contribution in [0.4, 0.5) is 0 Å². The molecule has 0 radical (unpaired) electrons. The van der Waals surface area contributed by atoms with E-state index in [0.29, 0.717) is 12.8 Å². The molecule has 2 heteroatoms. The first-order valence-electron chi connectivity index (χ1n) is 7.43. The van der Waals surface area contributed by atoms with Crippen LogP contribution in [0.1, 0.15) is 30.1 Å². The van der Waals surface area contributed by atoms with Crippen LogP contribution >= 0.6 is 0 Å². The first-order chi connectivity index (χ1) is 10.3. The monoisotopic (exact) mass is 280 g/mol. The summed E-state index contributed by atoms with van der Waals surface area (Å²) in [7, 11) is 0. The standard InChI is InChI=1S/C19H20O2/c20-17-13-18(12-11-15-7-3-1-4-8-15)21-19(14-17)16-9-5-2-6-10-16/h1-12,17-20H,13-14H2/b12-11+/t17-,18-,19-/m1/s1.